The molecule has 0 fully saturated rings. The number of H-pyrrole nitrogens is 2. The van der Waals surface area contributed by atoms with E-state index in [1.54, 1.807) is 0 Å². The maximum atomic E-state index is 9.35. The van der Waals surface area contributed by atoms with Gasteiger partial charge in [-0.2, -0.15) is 5.26 Å². The normalized spacial score (nSPS) is 10.4. The first kappa shape index (κ1) is 10.5. The number of hydrogen-bond donors (Lipinski definition) is 2. The second kappa shape index (κ2) is 3.97. The Morgan fingerprint density at radius 3 is 2.78 bits per heavy atom. The summed E-state index contributed by atoms with van der Waals surface area (Å²) in [7, 11) is 1.94. The van der Waals surface area contributed by atoms with E-state index < -0.39 is 0 Å². The third-order valence-electron chi connectivity index (χ3n) is 3.10. The molecule has 1 aromatic carbocycles. The summed E-state index contributed by atoms with van der Waals surface area (Å²) in [6.45, 7) is 0. The number of fused-ring (bicyclic) bond motifs is 1. The van der Waals surface area contributed by atoms with Crippen LogP contribution in [0.1, 0.15) is 5.56 Å². The summed E-state index contributed by atoms with van der Waals surface area (Å²) in [5, 5.41) is 10.3. The van der Waals surface area contributed by atoms with Crippen LogP contribution in [0.4, 0.5) is 11.5 Å². The highest BCUT2D eigenvalue weighted by Gasteiger charge is 2.15. The predicted octanol–water partition coefficient (Wildman–Crippen LogP) is 3.14. The maximum absolute atomic E-state index is 9.35. The van der Waals surface area contributed by atoms with Gasteiger partial charge in [-0.15, -0.1) is 0 Å². The van der Waals surface area contributed by atoms with Crippen LogP contribution in [0.2, 0.25) is 0 Å². The zero-order valence-electron chi connectivity index (χ0n) is 9.94. The molecule has 4 heteroatoms. The highest BCUT2D eigenvalue weighted by molar-refractivity contribution is 5.92. The van der Waals surface area contributed by atoms with Gasteiger partial charge in [0.05, 0.1) is 5.69 Å². The van der Waals surface area contributed by atoms with Crippen LogP contribution in [-0.2, 0) is 0 Å². The molecule has 0 saturated heterocycles. The average Bonchev–Trinajstić information content (AvgIpc) is 3.04. The van der Waals surface area contributed by atoms with Crippen molar-refractivity contribution in [2.45, 2.75) is 0 Å². The third kappa shape index (κ3) is 1.45. The molecule has 2 aromatic heterocycles. The summed E-state index contributed by atoms with van der Waals surface area (Å²) in [6, 6.07) is 12.1. The van der Waals surface area contributed by atoms with Gasteiger partial charge >= 0.3 is 0 Å². The molecule has 3 rings (SSSR count). The summed E-state index contributed by atoms with van der Waals surface area (Å²) in [5.41, 5.74) is 2.67. The highest BCUT2D eigenvalue weighted by Crippen LogP contribution is 2.31. The number of nitrogens with zero attached hydrogens (tertiary/aromatic N) is 2. The largest absolute Gasteiger partial charge is 0.366 e. The fourth-order valence-corrected chi connectivity index (χ4v) is 2.15. The molecular weight excluding hydrogens is 224 g/mol. The highest BCUT2D eigenvalue weighted by atomic mass is 15.2. The first-order valence-corrected chi connectivity index (χ1v) is 5.68. The van der Waals surface area contributed by atoms with Crippen molar-refractivity contribution in [3.63, 3.8) is 0 Å². The van der Waals surface area contributed by atoms with Crippen molar-refractivity contribution >= 4 is 22.4 Å². The topological polar surface area (TPSA) is 58.6 Å². The molecule has 0 spiro atoms. The van der Waals surface area contributed by atoms with Crippen LogP contribution in [0.5, 0.6) is 0 Å². The summed E-state index contributed by atoms with van der Waals surface area (Å²) in [5.74, 6) is 0.818. The summed E-state index contributed by atoms with van der Waals surface area (Å²) in [4.78, 5) is 8.27. The minimum absolute atomic E-state index is 0.675. The number of nitrogens with one attached hydrogen (secondary N) is 2. The SMILES string of the molecule is CN(c1cc[nH]c1)c1[nH]c2ccccc2c1C#N. The molecule has 18 heavy (non-hydrogen) atoms. The Balaban J connectivity index is 2.21. The first-order chi connectivity index (χ1) is 8.81. The van der Waals surface area contributed by atoms with Gasteiger partial charge in [0.15, 0.2) is 0 Å². The van der Waals surface area contributed by atoms with Crippen LogP contribution in [0.15, 0.2) is 42.7 Å². The second-order valence-corrected chi connectivity index (χ2v) is 4.13. The molecule has 0 atom stereocenters. The number of anilines is 2. The average molecular weight is 236 g/mol. The lowest BCUT2D eigenvalue weighted by Gasteiger charge is -2.15. The van der Waals surface area contributed by atoms with E-state index in [2.05, 4.69) is 16.0 Å². The number of aromatic amines is 2. The van der Waals surface area contributed by atoms with E-state index in [0.29, 0.717) is 5.56 Å². The fraction of sp³-hybridized carbons (Fsp3) is 0.0714. The molecule has 2 N–H and O–H groups in total. The van der Waals surface area contributed by atoms with Gasteiger partial charge in [0.25, 0.3) is 0 Å². The molecular formula is C14H12N4. The monoisotopic (exact) mass is 236 g/mol. The van der Waals surface area contributed by atoms with Crippen molar-refractivity contribution in [3.8, 4) is 6.07 Å². The smallest absolute Gasteiger partial charge is 0.129 e. The van der Waals surface area contributed by atoms with E-state index in [-0.39, 0.29) is 0 Å². The van der Waals surface area contributed by atoms with Crippen molar-refractivity contribution in [1.29, 1.82) is 5.26 Å². The second-order valence-electron chi connectivity index (χ2n) is 4.13. The van der Waals surface area contributed by atoms with Crippen molar-refractivity contribution in [2.75, 3.05) is 11.9 Å². The molecule has 0 radical (unpaired) electrons. The van der Waals surface area contributed by atoms with E-state index in [1.165, 1.54) is 0 Å². The molecule has 0 aliphatic carbocycles. The van der Waals surface area contributed by atoms with Crippen LogP contribution >= 0.6 is 0 Å². The van der Waals surface area contributed by atoms with Gasteiger partial charge < -0.3 is 14.9 Å². The predicted molar refractivity (Wildman–Crippen MR) is 71.9 cm³/mol. The Labute approximate surface area is 104 Å². The number of hydrogen-bond acceptors (Lipinski definition) is 2. The summed E-state index contributed by atoms with van der Waals surface area (Å²) in [6.07, 6.45) is 3.76. The van der Waals surface area contributed by atoms with E-state index in [0.717, 1.165) is 22.4 Å². The zero-order chi connectivity index (χ0) is 12.5. The fourth-order valence-electron chi connectivity index (χ4n) is 2.15. The lowest BCUT2D eigenvalue weighted by atomic mass is 10.2. The Hall–Kier alpha value is -2.67. The van der Waals surface area contributed by atoms with Gasteiger partial charge in [0, 0.05) is 30.3 Å². The van der Waals surface area contributed by atoms with Gasteiger partial charge in [0.2, 0.25) is 0 Å². The lowest BCUT2D eigenvalue weighted by molar-refractivity contribution is 1.16. The minimum atomic E-state index is 0.675. The molecule has 0 saturated carbocycles. The van der Waals surface area contributed by atoms with Crippen molar-refractivity contribution in [2.24, 2.45) is 0 Å². The Morgan fingerprint density at radius 1 is 1.22 bits per heavy atom. The van der Waals surface area contributed by atoms with Crippen molar-refractivity contribution in [1.82, 2.24) is 9.97 Å². The quantitative estimate of drug-likeness (QED) is 0.718. The van der Waals surface area contributed by atoms with E-state index in [1.807, 2.05) is 54.7 Å². The summed E-state index contributed by atoms with van der Waals surface area (Å²) >= 11 is 0. The molecule has 0 bridgehead atoms. The van der Waals surface area contributed by atoms with Gasteiger partial charge in [0.1, 0.15) is 17.5 Å². The van der Waals surface area contributed by atoms with E-state index in [4.69, 9.17) is 0 Å². The van der Waals surface area contributed by atoms with Gasteiger partial charge in [-0.05, 0) is 12.1 Å². The zero-order valence-corrected chi connectivity index (χ0v) is 9.94. The number of nitriles is 1. The number of aromatic nitrogens is 2. The molecule has 0 unspecified atom stereocenters. The maximum Gasteiger partial charge on any atom is 0.129 e. The first-order valence-electron chi connectivity index (χ1n) is 5.68. The van der Waals surface area contributed by atoms with Crippen LogP contribution in [-0.4, -0.2) is 17.0 Å². The number of rotatable bonds is 2. The summed E-state index contributed by atoms with van der Waals surface area (Å²) < 4.78 is 0. The molecule has 3 aromatic rings. The van der Waals surface area contributed by atoms with Crippen LogP contribution in [0.3, 0.4) is 0 Å². The Morgan fingerprint density at radius 2 is 2.06 bits per heavy atom. The Bertz CT molecular complexity index is 716. The molecule has 0 amide bonds. The van der Waals surface area contributed by atoms with E-state index >= 15 is 0 Å². The number of para-hydroxylation sites is 1. The molecule has 0 aliphatic heterocycles. The van der Waals surface area contributed by atoms with Gasteiger partial charge in [-0.3, -0.25) is 0 Å². The standard InChI is InChI=1S/C14H12N4/c1-18(10-6-7-16-9-10)14-12(8-15)11-4-2-3-5-13(11)17-14/h2-7,9,16-17H,1H3. The van der Waals surface area contributed by atoms with Gasteiger partial charge in [-0.1, -0.05) is 18.2 Å². The molecule has 4 nitrogen and oxygen atoms in total. The minimum Gasteiger partial charge on any atom is -0.366 e. The third-order valence-corrected chi connectivity index (χ3v) is 3.10. The lowest BCUT2D eigenvalue weighted by Crippen LogP contribution is -2.10. The molecule has 0 aliphatic rings. The molecule has 88 valence electrons. The van der Waals surface area contributed by atoms with Gasteiger partial charge in [-0.25, -0.2) is 0 Å². The van der Waals surface area contributed by atoms with E-state index in [9.17, 15) is 5.26 Å². The van der Waals surface area contributed by atoms with Crippen LogP contribution < -0.4 is 4.90 Å². The molecule has 2 heterocycles. The van der Waals surface area contributed by atoms with Crippen molar-refractivity contribution < 1.29 is 0 Å². The van der Waals surface area contributed by atoms with Crippen molar-refractivity contribution in [3.05, 3.63) is 48.3 Å². The van der Waals surface area contributed by atoms with Crippen LogP contribution in [0, 0.1) is 11.3 Å². The number of benzene rings is 1. The Kier molecular flexibility index (Phi) is 2.31. The van der Waals surface area contributed by atoms with Crippen LogP contribution in [0.25, 0.3) is 10.9 Å².